The van der Waals surface area contributed by atoms with Gasteiger partial charge in [0.1, 0.15) is 10.9 Å². The summed E-state index contributed by atoms with van der Waals surface area (Å²) >= 11 is 6.20. The van der Waals surface area contributed by atoms with Crippen molar-refractivity contribution in [3.8, 4) is 0 Å². The van der Waals surface area contributed by atoms with Gasteiger partial charge in [-0.15, -0.1) is 0 Å². The number of likely N-dealkylation sites (tertiary alicyclic amines) is 1. The van der Waals surface area contributed by atoms with Crippen LogP contribution in [0.2, 0.25) is 5.02 Å². The number of nitrogens with one attached hydrogen (secondary N) is 1. The van der Waals surface area contributed by atoms with Gasteiger partial charge in [-0.25, -0.2) is 9.98 Å². The van der Waals surface area contributed by atoms with Gasteiger partial charge >= 0.3 is 6.18 Å². The first-order valence-electron chi connectivity index (χ1n) is 12.1. The summed E-state index contributed by atoms with van der Waals surface area (Å²) in [7, 11) is 0. The van der Waals surface area contributed by atoms with E-state index >= 15 is 0 Å². The molecule has 1 aliphatic heterocycles. The fraction of sp³-hybridized carbons (Fsp3) is 0.346. The number of β-amino-alcohol motifs (C(OH)–C–C–N with tert-alkyl or cyclic N) is 1. The summed E-state index contributed by atoms with van der Waals surface area (Å²) in [5.41, 5.74) is 13.9. The third-order valence-corrected chi connectivity index (χ3v) is 6.64. The first-order chi connectivity index (χ1) is 18.0. The summed E-state index contributed by atoms with van der Waals surface area (Å²) in [6.07, 6.45) is -2.61. The predicted molar refractivity (Wildman–Crippen MR) is 144 cm³/mol. The molecule has 8 nitrogen and oxygen atoms in total. The van der Waals surface area contributed by atoms with Crippen LogP contribution in [-0.4, -0.2) is 57.7 Å². The van der Waals surface area contributed by atoms with Gasteiger partial charge in [-0.1, -0.05) is 41.9 Å². The van der Waals surface area contributed by atoms with Gasteiger partial charge < -0.3 is 26.8 Å². The highest BCUT2D eigenvalue weighted by Gasteiger charge is 2.39. The summed E-state index contributed by atoms with van der Waals surface area (Å²) in [6.45, 7) is 2.25. The number of allylic oxidation sites excluding steroid dienone is 1. The first kappa shape index (κ1) is 27.6. The molecule has 0 bridgehead atoms. The van der Waals surface area contributed by atoms with Gasteiger partial charge in [-0.05, 0) is 61.9 Å². The molecule has 202 valence electrons. The second-order valence-electron chi connectivity index (χ2n) is 9.30. The summed E-state index contributed by atoms with van der Waals surface area (Å²) in [5, 5.41) is 14.9. The number of anilines is 2. The lowest BCUT2D eigenvalue weighted by Gasteiger charge is -2.34. The van der Waals surface area contributed by atoms with Crippen LogP contribution in [0.1, 0.15) is 31.2 Å². The number of alkyl halides is 3. The molecule has 12 heteroatoms. The molecule has 2 aromatic carbocycles. The maximum absolute atomic E-state index is 12.7. The largest absolute Gasteiger partial charge is 0.415 e. The molecule has 0 amide bonds. The van der Waals surface area contributed by atoms with Crippen molar-refractivity contribution < 1.29 is 18.3 Å². The normalized spacial score (nSPS) is 17.1. The molecule has 1 aromatic heterocycles. The smallest absolute Gasteiger partial charge is 0.402 e. The van der Waals surface area contributed by atoms with Crippen LogP contribution in [0, 0.1) is 0 Å². The van der Waals surface area contributed by atoms with Crippen LogP contribution in [0.15, 0.2) is 59.4 Å². The molecule has 3 aromatic rings. The SMILES string of the molecule is C/C(N)=C/C(N)=Nc1nc(Nc2ccc(C3CCN(CC(O)C(F)(F)F)CC3)c3ccccc23)ncc1Cl. The Morgan fingerprint density at radius 2 is 1.89 bits per heavy atom. The summed E-state index contributed by atoms with van der Waals surface area (Å²) in [4.78, 5) is 14.5. The highest BCUT2D eigenvalue weighted by molar-refractivity contribution is 6.32. The number of aromatic nitrogens is 2. The number of nitrogens with zero attached hydrogens (tertiary/aromatic N) is 4. The van der Waals surface area contributed by atoms with Gasteiger partial charge in [0.05, 0.1) is 6.20 Å². The second kappa shape index (κ2) is 11.5. The molecule has 4 rings (SSSR count). The topological polar surface area (TPSA) is 126 Å². The molecule has 2 heterocycles. The maximum Gasteiger partial charge on any atom is 0.415 e. The number of rotatable bonds is 7. The summed E-state index contributed by atoms with van der Waals surface area (Å²) in [6, 6.07) is 11.9. The van der Waals surface area contributed by atoms with E-state index in [0.29, 0.717) is 31.6 Å². The fourth-order valence-electron chi connectivity index (χ4n) is 4.57. The molecule has 0 radical (unpaired) electrons. The molecule has 1 fully saturated rings. The number of benzene rings is 2. The van der Waals surface area contributed by atoms with Crippen LogP contribution < -0.4 is 16.8 Å². The molecule has 38 heavy (non-hydrogen) atoms. The van der Waals surface area contributed by atoms with E-state index in [2.05, 4.69) is 20.3 Å². The van der Waals surface area contributed by atoms with Crippen molar-refractivity contribution in [3.63, 3.8) is 0 Å². The third-order valence-electron chi connectivity index (χ3n) is 6.38. The number of nitrogens with two attached hydrogens (primary N) is 2. The standard InChI is InChI=1S/C26H29ClF3N7O/c1-15(31)12-23(32)35-24-20(27)13-33-25(36-24)34-21-7-6-17(18-4-2-3-5-19(18)21)16-8-10-37(11-9-16)14-22(38)26(28,29)30/h2-7,12-13,16,22,38H,8-11,14,31H2,1H3,(H3,32,33,34,35,36)/b15-12-. The van der Waals surface area contributed by atoms with E-state index < -0.39 is 18.8 Å². The van der Waals surface area contributed by atoms with E-state index in [-0.39, 0.29) is 28.5 Å². The van der Waals surface area contributed by atoms with E-state index in [4.69, 9.17) is 23.1 Å². The van der Waals surface area contributed by atoms with Gasteiger partial charge in [0.15, 0.2) is 11.9 Å². The quantitative estimate of drug-likeness (QED) is 0.243. The van der Waals surface area contributed by atoms with E-state index in [9.17, 15) is 18.3 Å². The van der Waals surface area contributed by atoms with Crippen LogP contribution in [-0.2, 0) is 0 Å². The fourth-order valence-corrected chi connectivity index (χ4v) is 4.70. The van der Waals surface area contributed by atoms with Gasteiger partial charge in [-0.2, -0.15) is 18.2 Å². The molecule has 1 saturated heterocycles. The Morgan fingerprint density at radius 1 is 1.21 bits per heavy atom. The lowest BCUT2D eigenvalue weighted by molar-refractivity contribution is -0.208. The number of aliphatic imine (C=N–C) groups is 1. The molecular formula is C26H29ClF3N7O. The lowest BCUT2D eigenvalue weighted by Crippen LogP contribution is -2.43. The van der Waals surface area contributed by atoms with Crippen molar-refractivity contribution in [2.24, 2.45) is 16.5 Å². The van der Waals surface area contributed by atoms with Crippen LogP contribution >= 0.6 is 11.6 Å². The highest BCUT2D eigenvalue weighted by Crippen LogP contribution is 2.37. The zero-order valence-electron chi connectivity index (χ0n) is 20.7. The highest BCUT2D eigenvalue weighted by atomic mass is 35.5. The van der Waals surface area contributed by atoms with E-state index in [1.165, 1.54) is 12.3 Å². The predicted octanol–water partition coefficient (Wildman–Crippen LogP) is 4.98. The number of amidine groups is 1. The van der Waals surface area contributed by atoms with Gasteiger partial charge in [0, 0.05) is 23.3 Å². The first-order valence-corrected chi connectivity index (χ1v) is 12.5. The number of aliphatic hydroxyl groups is 1. The molecular weight excluding hydrogens is 519 g/mol. The molecule has 1 aliphatic rings. The Bertz CT molecular complexity index is 1350. The molecule has 6 N–H and O–H groups in total. The van der Waals surface area contributed by atoms with E-state index in [0.717, 1.165) is 22.0 Å². The van der Waals surface area contributed by atoms with E-state index in [1.54, 1.807) is 11.8 Å². The lowest BCUT2D eigenvalue weighted by atomic mass is 9.86. The molecule has 1 unspecified atom stereocenters. The second-order valence-corrected chi connectivity index (χ2v) is 9.70. The minimum atomic E-state index is -4.61. The summed E-state index contributed by atoms with van der Waals surface area (Å²) < 4.78 is 38.2. The van der Waals surface area contributed by atoms with Gasteiger partial charge in [-0.3, -0.25) is 0 Å². The van der Waals surface area contributed by atoms with Gasteiger partial charge in [0.25, 0.3) is 0 Å². The van der Waals surface area contributed by atoms with Crippen LogP contribution in [0.3, 0.4) is 0 Å². The van der Waals surface area contributed by atoms with Crippen molar-refractivity contribution in [1.29, 1.82) is 0 Å². The Hall–Kier alpha value is -3.41. The summed E-state index contributed by atoms with van der Waals surface area (Å²) in [5.74, 6) is 0.819. The van der Waals surface area contributed by atoms with Crippen LogP contribution in [0.5, 0.6) is 0 Å². The number of fused-ring (bicyclic) bond motifs is 1. The average Bonchev–Trinajstić information content (AvgIpc) is 2.86. The third kappa shape index (κ3) is 6.72. The molecule has 1 atom stereocenters. The van der Waals surface area contributed by atoms with Crippen LogP contribution in [0.4, 0.5) is 30.6 Å². The minimum Gasteiger partial charge on any atom is -0.402 e. The van der Waals surface area contributed by atoms with Gasteiger partial charge in [0.2, 0.25) is 5.95 Å². The Labute approximate surface area is 223 Å². The number of piperidine rings is 1. The molecule has 0 spiro atoms. The maximum atomic E-state index is 12.7. The zero-order chi connectivity index (χ0) is 27.4. The number of aliphatic hydroxyl groups excluding tert-OH is 1. The number of halogens is 4. The van der Waals surface area contributed by atoms with Crippen molar-refractivity contribution >= 4 is 45.7 Å². The van der Waals surface area contributed by atoms with Crippen molar-refractivity contribution in [1.82, 2.24) is 14.9 Å². The van der Waals surface area contributed by atoms with Crippen molar-refractivity contribution in [2.45, 2.75) is 38.0 Å². The van der Waals surface area contributed by atoms with Crippen molar-refractivity contribution in [2.75, 3.05) is 25.0 Å². The number of hydrogen-bond donors (Lipinski definition) is 4. The van der Waals surface area contributed by atoms with E-state index in [1.807, 2.05) is 36.4 Å². The van der Waals surface area contributed by atoms with Crippen LogP contribution in [0.25, 0.3) is 10.8 Å². The molecule has 0 saturated carbocycles. The minimum absolute atomic E-state index is 0.158. The Balaban J connectivity index is 1.54. The monoisotopic (exact) mass is 547 g/mol. The number of hydrogen-bond acceptors (Lipinski definition) is 7. The van der Waals surface area contributed by atoms with Crippen molar-refractivity contribution in [3.05, 3.63) is 65.0 Å². The Kier molecular flexibility index (Phi) is 8.39. The Morgan fingerprint density at radius 3 is 2.55 bits per heavy atom. The average molecular weight is 548 g/mol. The zero-order valence-corrected chi connectivity index (χ0v) is 21.5. The molecule has 0 aliphatic carbocycles.